The van der Waals surface area contributed by atoms with E-state index in [2.05, 4.69) is 15.9 Å². The number of hydrogen-bond donors (Lipinski definition) is 1. The number of hydrogen-bond acceptors (Lipinski definition) is 2. The van der Waals surface area contributed by atoms with Crippen LogP contribution in [0.3, 0.4) is 0 Å². The summed E-state index contributed by atoms with van der Waals surface area (Å²) < 4.78 is 0.623. The Morgan fingerprint density at radius 1 is 1.43 bits per heavy atom. The van der Waals surface area contributed by atoms with Gasteiger partial charge in [0.2, 0.25) is 0 Å². The van der Waals surface area contributed by atoms with Crippen LogP contribution in [0.4, 0.5) is 0 Å². The molecule has 1 amide bonds. The van der Waals surface area contributed by atoms with Crippen LogP contribution in [0.5, 0.6) is 0 Å². The Morgan fingerprint density at radius 3 is 2.71 bits per heavy atom. The number of rotatable bonds is 2. The molecule has 2 rings (SSSR count). The molecule has 0 bridgehead atoms. The van der Waals surface area contributed by atoms with Gasteiger partial charge in [-0.25, -0.2) is 4.79 Å². The lowest BCUT2D eigenvalue weighted by atomic mass is 9.76. The average molecular weight is 375 g/mol. The summed E-state index contributed by atoms with van der Waals surface area (Å²) >= 11 is 9.45. The van der Waals surface area contributed by atoms with Gasteiger partial charge in [0.15, 0.2) is 0 Å². The summed E-state index contributed by atoms with van der Waals surface area (Å²) in [6.45, 7) is 4.20. The molecule has 0 aliphatic carbocycles. The highest BCUT2D eigenvalue weighted by Crippen LogP contribution is 2.37. The van der Waals surface area contributed by atoms with Gasteiger partial charge in [-0.3, -0.25) is 4.79 Å². The Hall–Kier alpha value is -1.07. The third kappa shape index (κ3) is 3.09. The zero-order valence-electron chi connectivity index (χ0n) is 11.9. The molecule has 1 fully saturated rings. The first-order valence-electron chi connectivity index (χ1n) is 6.73. The van der Waals surface area contributed by atoms with E-state index in [9.17, 15) is 14.7 Å². The number of halogens is 2. The average Bonchev–Trinajstić information content (AvgIpc) is 2.39. The minimum Gasteiger partial charge on any atom is -0.480 e. The Bertz CT molecular complexity index is 588. The molecule has 21 heavy (non-hydrogen) atoms. The van der Waals surface area contributed by atoms with Crippen molar-refractivity contribution in [2.24, 2.45) is 5.41 Å². The van der Waals surface area contributed by atoms with Crippen LogP contribution in [0.2, 0.25) is 5.02 Å². The summed E-state index contributed by atoms with van der Waals surface area (Å²) in [4.78, 5) is 25.8. The van der Waals surface area contributed by atoms with Crippen LogP contribution in [0, 0.1) is 5.41 Å². The maximum atomic E-state index is 12.7. The van der Waals surface area contributed by atoms with Crippen LogP contribution in [0.1, 0.15) is 37.0 Å². The molecule has 1 saturated heterocycles. The van der Waals surface area contributed by atoms with Gasteiger partial charge in [-0.1, -0.05) is 31.5 Å². The third-order valence-electron chi connectivity index (χ3n) is 3.95. The number of benzene rings is 1. The van der Waals surface area contributed by atoms with Gasteiger partial charge in [-0.2, -0.15) is 0 Å². The number of carboxylic acid groups (broad SMARTS) is 1. The molecule has 1 aromatic rings. The van der Waals surface area contributed by atoms with Crippen molar-refractivity contribution in [3.63, 3.8) is 0 Å². The first-order valence-corrected chi connectivity index (χ1v) is 7.90. The van der Waals surface area contributed by atoms with Crippen LogP contribution in [0.15, 0.2) is 22.7 Å². The van der Waals surface area contributed by atoms with Crippen molar-refractivity contribution in [3.8, 4) is 0 Å². The van der Waals surface area contributed by atoms with Crippen molar-refractivity contribution >= 4 is 39.4 Å². The molecule has 4 nitrogen and oxygen atoms in total. The van der Waals surface area contributed by atoms with E-state index < -0.39 is 17.4 Å². The molecule has 0 aromatic heterocycles. The highest BCUT2D eigenvalue weighted by molar-refractivity contribution is 9.10. The van der Waals surface area contributed by atoms with E-state index >= 15 is 0 Å². The molecule has 1 aromatic carbocycles. The Kier molecular flexibility index (Phi) is 4.63. The topological polar surface area (TPSA) is 57.6 Å². The number of carboxylic acids is 1. The molecule has 1 N–H and O–H groups in total. The summed E-state index contributed by atoms with van der Waals surface area (Å²) in [6, 6.07) is 4.24. The molecule has 6 heteroatoms. The fraction of sp³-hybridized carbons (Fsp3) is 0.467. The number of aliphatic carboxylic acids is 1. The van der Waals surface area contributed by atoms with E-state index in [-0.39, 0.29) is 5.91 Å². The molecular weight excluding hydrogens is 358 g/mol. The van der Waals surface area contributed by atoms with Crippen molar-refractivity contribution < 1.29 is 14.7 Å². The van der Waals surface area contributed by atoms with E-state index in [0.29, 0.717) is 21.6 Å². The third-order valence-corrected chi connectivity index (χ3v) is 5.25. The monoisotopic (exact) mass is 373 g/mol. The van der Waals surface area contributed by atoms with Gasteiger partial charge in [0.25, 0.3) is 5.91 Å². The van der Waals surface area contributed by atoms with Crippen LogP contribution in [-0.4, -0.2) is 34.5 Å². The van der Waals surface area contributed by atoms with Crippen LogP contribution in [-0.2, 0) is 4.79 Å². The predicted octanol–water partition coefficient (Wildman–Crippen LogP) is 3.82. The Balaban J connectivity index is 2.41. The Morgan fingerprint density at radius 2 is 2.10 bits per heavy atom. The van der Waals surface area contributed by atoms with Crippen molar-refractivity contribution in [3.05, 3.63) is 33.3 Å². The zero-order valence-corrected chi connectivity index (χ0v) is 14.2. The van der Waals surface area contributed by atoms with Crippen LogP contribution in [0.25, 0.3) is 0 Å². The second-order valence-corrected chi connectivity index (χ2v) is 7.17. The van der Waals surface area contributed by atoms with Crippen LogP contribution >= 0.6 is 27.5 Å². The quantitative estimate of drug-likeness (QED) is 0.856. The van der Waals surface area contributed by atoms with E-state index in [4.69, 9.17) is 11.6 Å². The number of carbonyl (C=O) groups excluding carboxylic acids is 1. The molecule has 1 heterocycles. The van der Waals surface area contributed by atoms with Crippen LogP contribution < -0.4 is 0 Å². The maximum Gasteiger partial charge on any atom is 0.326 e. The first kappa shape index (κ1) is 16.3. The van der Waals surface area contributed by atoms with Gasteiger partial charge in [0.1, 0.15) is 6.04 Å². The summed E-state index contributed by atoms with van der Waals surface area (Å²) in [5, 5.41) is 9.84. The second kappa shape index (κ2) is 5.97. The number of nitrogens with zero attached hydrogens (tertiary/aromatic N) is 1. The zero-order chi connectivity index (χ0) is 15.8. The van der Waals surface area contributed by atoms with Gasteiger partial charge >= 0.3 is 5.97 Å². The summed E-state index contributed by atoms with van der Waals surface area (Å²) in [7, 11) is 0. The molecule has 114 valence electrons. The maximum absolute atomic E-state index is 12.7. The minimum absolute atomic E-state index is 0.315. The molecule has 1 aliphatic rings. The second-order valence-electron chi connectivity index (χ2n) is 5.93. The number of carbonyl (C=O) groups is 2. The van der Waals surface area contributed by atoms with Gasteiger partial charge in [-0.15, -0.1) is 0 Å². The molecule has 0 saturated carbocycles. The lowest BCUT2D eigenvalue weighted by Gasteiger charge is -2.44. The highest BCUT2D eigenvalue weighted by Gasteiger charge is 2.44. The predicted molar refractivity (Wildman–Crippen MR) is 84.6 cm³/mol. The molecule has 1 aliphatic heterocycles. The summed E-state index contributed by atoms with van der Waals surface area (Å²) in [5.74, 6) is -1.30. The fourth-order valence-electron chi connectivity index (χ4n) is 2.90. The van der Waals surface area contributed by atoms with Crippen molar-refractivity contribution in [1.82, 2.24) is 4.90 Å². The normalized spacial score (nSPS) is 21.1. The van der Waals surface area contributed by atoms with E-state index in [1.807, 2.05) is 13.8 Å². The smallest absolute Gasteiger partial charge is 0.326 e. The number of amides is 1. The first-order chi connectivity index (χ1) is 9.75. The largest absolute Gasteiger partial charge is 0.480 e. The number of piperidine rings is 1. The van der Waals surface area contributed by atoms with Crippen molar-refractivity contribution in [1.29, 1.82) is 0 Å². The highest BCUT2D eigenvalue weighted by atomic mass is 79.9. The Labute approximate surface area is 137 Å². The number of likely N-dealkylation sites (tertiary alicyclic amines) is 1. The SMILES string of the molecule is CC1(C)CCCN(C(=O)c2cccc(Br)c2Cl)C1C(=O)O. The van der Waals surface area contributed by atoms with E-state index in [1.54, 1.807) is 18.2 Å². The molecule has 0 spiro atoms. The van der Waals surface area contributed by atoms with Gasteiger partial charge in [-0.05, 0) is 46.3 Å². The summed E-state index contributed by atoms with van der Waals surface area (Å²) in [6.07, 6.45) is 1.56. The van der Waals surface area contributed by atoms with Crippen molar-refractivity contribution in [2.45, 2.75) is 32.7 Å². The molecule has 1 atom stereocenters. The molecule has 1 unspecified atom stereocenters. The van der Waals surface area contributed by atoms with Crippen molar-refractivity contribution in [2.75, 3.05) is 6.54 Å². The van der Waals surface area contributed by atoms with Gasteiger partial charge < -0.3 is 10.0 Å². The molecular formula is C15H17BrClNO3. The van der Waals surface area contributed by atoms with E-state index in [0.717, 1.165) is 12.8 Å². The fourth-order valence-corrected chi connectivity index (χ4v) is 3.48. The molecule has 0 radical (unpaired) electrons. The summed E-state index contributed by atoms with van der Waals surface area (Å²) in [5.41, 5.74) is -0.131. The minimum atomic E-state index is -0.973. The lowest BCUT2D eigenvalue weighted by molar-refractivity contribution is -0.148. The van der Waals surface area contributed by atoms with Gasteiger partial charge in [0.05, 0.1) is 10.6 Å². The van der Waals surface area contributed by atoms with Gasteiger partial charge in [0, 0.05) is 11.0 Å². The standard InChI is InChI=1S/C15H17BrClNO3/c1-15(2)7-4-8-18(12(15)14(20)21)13(19)9-5-3-6-10(16)11(9)17/h3,5-6,12H,4,7-8H2,1-2H3,(H,20,21). The van der Waals surface area contributed by atoms with E-state index in [1.165, 1.54) is 4.90 Å². The lowest BCUT2D eigenvalue weighted by Crippen LogP contribution is -2.56.